The Bertz CT molecular complexity index is 1380. The summed E-state index contributed by atoms with van der Waals surface area (Å²) >= 11 is 0. The number of alkyl halides is 6. The number of benzene rings is 2. The van der Waals surface area contributed by atoms with Crippen LogP contribution in [-0.2, 0) is 12.8 Å². The van der Waals surface area contributed by atoms with Crippen molar-refractivity contribution < 1.29 is 40.6 Å². The second kappa shape index (κ2) is 8.47. The zero-order valence-electron chi connectivity index (χ0n) is 17.3. The second-order valence-electron chi connectivity index (χ2n) is 7.17. The second-order valence-corrected chi connectivity index (χ2v) is 7.17. The quantitative estimate of drug-likeness (QED) is 0.195. The van der Waals surface area contributed by atoms with Gasteiger partial charge in [0.05, 0.1) is 29.3 Å². The molecule has 0 fully saturated rings. The van der Waals surface area contributed by atoms with Crippen molar-refractivity contribution in [2.24, 2.45) is 0 Å². The molecule has 0 aliphatic carbocycles. The van der Waals surface area contributed by atoms with Crippen molar-refractivity contribution >= 4 is 27.6 Å². The van der Waals surface area contributed by atoms with Crippen LogP contribution >= 0.6 is 0 Å². The maximum Gasteiger partial charge on any atom is 0.454 e. The van der Waals surface area contributed by atoms with Crippen LogP contribution in [-0.4, -0.2) is 29.0 Å². The number of ether oxygens (including phenoxy) is 2. The molecule has 176 valence electrons. The Morgan fingerprint density at radius 2 is 1.59 bits per heavy atom. The molecule has 0 amide bonds. The van der Waals surface area contributed by atoms with Gasteiger partial charge in [0, 0.05) is 28.7 Å². The number of aromatic nitrogens is 2. The van der Waals surface area contributed by atoms with E-state index < -0.39 is 46.8 Å². The number of rotatable bonds is 5. The first kappa shape index (κ1) is 23.3. The van der Waals surface area contributed by atoms with Gasteiger partial charge in [-0.3, -0.25) is 14.8 Å². The van der Waals surface area contributed by atoms with Crippen LogP contribution in [0.2, 0.25) is 0 Å². The molecular weight excluding hydrogens is 466 g/mol. The Kier molecular flexibility index (Phi) is 5.80. The van der Waals surface area contributed by atoms with E-state index in [0.29, 0.717) is 11.8 Å². The van der Waals surface area contributed by atoms with Crippen LogP contribution in [0, 0.1) is 0 Å². The maximum absolute atomic E-state index is 14.1. The fourth-order valence-electron chi connectivity index (χ4n) is 3.55. The van der Waals surface area contributed by atoms with Crippen LogP contribution in [0.3, 0.4) is 0 Å². The number of hydrogen-bond acceptors (Lipinski definition) is 5. The van der Waals surface area contributed by atoms with E-state index in [1.165, 1.54) is 31.4 Å². The van der Waals surface area contributed by atoms with Crippen molar-refractivity contribution in [3.63, 3.8) is 0 Å². The first-order valence-corrected chi connectivity index (χ1v) is 9.65. The molecular formula is C23H14F6N2O3. The number of pyridine rings is 2. The molecule has 4 aromatic rings. The zero-order chi connectivity index (χ0) is 24.7. The van der Waals surface area contributed by atoms with Gasteiger partial charge in [0.2, 0.25) is 0 Å². The van der Waals surface area contributed by atoms with Crippen LogP contribution in [0.4, 0.5) is 26.3 Å². The van der Waals surface area contributed by atoms with Gasteiger partial charge in [-0.15, -0.1) is 0 Å². The average molecular weight is 480 g/mol. The summed E-state index contributed by atoms with van der Waals surface area (Å²) < 4.78 is 92.5. The predicted molar refractivity (Wildman–Crippen MR) is 110 cm³/mol. The van der Waals surface area contributed by atoms with Gasteiger partial charge < -0.3 is 9.47 Å². The Morgan fingerprint density at radius 1 is 0.912 bits per heavy atom. The Morgan fingerprint density at radius 3 is 2.21 bits per heavy atom. The molecule has 0 aliphatic heterocycles. The highest BCUT2D eigenvalue weighted by Crippen LogP contribution is 2.40. The summed E-state index contributed by atoms with van der Waals surface area (Å²) in [5, 5.41) is -0.767. The van der Waals surface area contributed by atoms with Gasteiger partial charge in [-0.1, -0.05) is 0 Å². The number of nitrogens with zero attached hydrogens (tertiary/aromatic N) is 2. The standard InChI is InChI=1S/C23H14F6N2O3/c1-33-13-4-6-14(7-5-13)34-11-12-10-31-19-15-3-2-8-30-20(15)17(21(32)23(27,28)29)9-16(19)18(12)22(24,25)26/h2-10H,11H2,1H3. The summed E-state index contributed by atoms with van der Waals surface area (Å²) in [4.78, 5) is 19.9. The molecule has 0 N–H and O–H groups in total. The lowest BCUT2D eigenvalue weighted by atomic mass is 9.96. The van der Waals surface area contributed by atoms with Crippen LogP contribution in [0.15, 0.2) is 54.9 Å². The minimum absolute atomic E-state index is 0.110. The fraction of sp³-hybridized carbons (Fsp3) is 0.174. The smallest absolute Gasteiger partial charge is 0.454 e. The highest BCUT2D eigenvalue weighted by molar-refractivity contribution is 6.17. The van der Waals surface area contributed by atoms with Gasteiger partial charge in [-0.25, -0.2) is 0 Å². The molecule has 0 bridgehead atoms. The van der Waals surface area contributed by atoms with Crippen molar-refractivity contribution in [3.8, 4) is 11.5 Å². The molecule has 0 aliphatic rings. The summed E-state index contributed by atoms with van der Waals surface area (Å²) in [6, 6.07) is 9.21. The SMILES string of the molecule is COc1ccc(OCc2cnc3c(cc(C(=O)C(F)(F)F)c4ncccc43)c2C(F)(F)F)cc1. The molecule has 11 heteroatoms. The topological polar surface area (TPSA) is 61.3 Å². The number of carbonyl (C=O) groups is 1. The van der Waals surface area contributed by atoms with Gasteiger partial charge in [0.1, 0.15) is 18.1 Å². The summed E-state index contributed by atoms with van der Waals surface area (Å²) in [5.74, 6) is -1.55. The van der Waals surface area contributed by atoms with Crippen LogP contribution in [0.25, 0.3) is 21.8 Å². The third-order valence-corrected chi connectivity index (χ3v) is 5.04. The molecule has 5 nitrogen and oxygen atoms in total. The van der Waals surface area contributed by atoms with E-state index in [0.717, 1.165) is 12.4 Å². The van der Waals surface area contributed by atoms with E-state index in [9.17, 15) is 31.1 Å². The lowest BCUT2D eigenvalue weighted by Gasteiger charge is -2.18. The summed E-state index contributed by atoms with van der Waals surface area (Å²) in [6.45, 7) is -0.572. The van der Waals surface area contributed by atoms with Crippen molar-refractivity contribution in [1.29, 1.82) is 0 Å². The number of fused-ring (bicyclic) bond motifs is 3. The highest BCUT2D eigenvalue weighted by Gasteiger charge is 2.42. The lowest BCUT2D eigenvalue weighted by Crippen LogP contribution is -2.23. The summed E-state index contributed by atoms with van der Waals surface area (Å²) in [7, 11) is 1.45. The first-order valence-electron chi connectivity index (χ1n) is 9.65. The molecule has 4 rings (SSSR count). The minimum Gasteiger partial charge on any atom is -0.497 e. The maximum atomic E-state index is 14.1. The van der Waals surface area contributed by atoms with Crippen LogP contribution in [0.1, 0.15) is 21.5 Å². The number of halogens is 6. The van der Waals surface area contributed by atoms with Crippen LogP contribution in [0.5, 0.6) is 11.5 Å². The van der Waals surface area contributed by atoms with E-state index in [4.69, 9.17) is 9.47 Å². The molecule has 0 saturated carbocycles. The number of Topliss-reactive ketones (excluding diaryl/α,β-unsaturated/α-hetero) is 1. The van der Waals surface area contributed by atoms with E-state index in [1.807, 2.05) is 0 Å². The van der Waals surface area contributed by atoms with E-state index >= 15 is 0 Å². The third-order valence-electron chi connectivity index (χ3n) is 5.04. The van der Waals surface area contributed by atoms with E-state index in [2.05, 4.69) is 9.97 Å². The molecule has 0 saturated heterocycles. The third kappa shape index (κ3) is 4.33. The highest BCUT2D eigenvalue weighted by atomic mass is 19.4. The molecule has 2 aromatic heterocycles. The zero-order valence-corrected chi connectivity index (χ0v) is 17.3. The number of carbonyl (C=O) groups excluding carboxylic acids is 1. The number of hydrogen-bond donors (Lipinski definition) is 0. The molecule has 0 atom stereocenters. The Balaban J connectivity index is 1.91. The molecule has 2 heterocycles. The summed E-state index contributed by atoms with van der Waals surface area (Å²) in [5.41, 5.74) is -3.27. The average Bonchev–Trinajstić information content (AvgIpc) is 2.80. The van der Waals surface area contributed by atoms with Crippen molar-refractivity contribution in [2.75, 3.05) is 7.11 Å². The number of ketones is 1. The Labute approximate surface area is 187 Å². The Hall–Kier alpha value is -3.89. The largest absolute Gasteiger partial charge is 0.497 e. The molecule has 0 unspecified atom stereocenters. The van der Waals surface area contributed by atoms with Crippen LogP contribution < -0.4 is 9.47 Å². The molecule has 34 heavy (non-hydrogen) atoms. The summed E-state index contributed by atoms with van der Waals surface area (Å²) in [6.07, 6.45) is -8.19. The monoisotopic (exact) mass is 480 g/mol. The number of methoxy groups -OCH3 is 1. The predicted octanol–water partition coefficient (Wildman–Crippen LogP) is 6.13. The van der Waals surface area contributed by atoms with Gasteiger partial charge in [0.15, 0.2) is 0 Å². The molecule has 0 radical (unpaired) electrons. The molecule has 2 aromatic carbocycles. The van der Waals surface area contributed by atoms with Gasteiger partial charge >= 0.3 is 12.4 Å². The first-order chi connectivity index (χ1) is 16.0. The normalized spacial score (nSPS) is 12.2. The molecule has 0 spiro atoms. The van der Waals surface area contributed by atoms with E-state index in [-0.39, 0.29) is 22.2 Å². The van der Waals surface area contributed by atoms with Crippen molar-refractivity contribution in [1.82, 2.24) is 9.97 Å². The van der Waals surface area contributed by atoms with Crippen molar-refractivity contribution in [3.05, 3.63) is 71.5 Å². The van der Waals surface area contributed by atoms with Gasteiger partial charge in [0.25, 0.3) is 5.78 Å². The fourth-order valence-corrected chi connectivity index (χ4v) is 3.55. The van der Waals surface area contributed by atoms with E-state index in [1.54, 1.807) is 12.1 Å². The minimum atomic E-state index is -5.31. The van der Waals surface area contributed by atoms with Gasteiger partial charge in [-0.05, 0) is 42.5 Å². The van der Waals surface area contributed by atoms with Gasteiger partial charge in [-0.2, -0.15) is 26.3 Å². The van der Waals surface area contributed by atoms with Crippen molar-refractivity contribution in [2.45, 2.75) is 19.0 Å². The lowest BCUT2D eigenvalue weighted by molar-refractivity contribution is -0.137.